The molecule has 1 aromatic carbocycles. The SMILES string of the molecule is CCCCCCCCCCCCCCCCC(=O)Oc1ccc([N+](=O)[O-])cc1. The van der Waals surface area contributed by atoms with E-state index in [-0.39, 0.29) is 11.7 Å². The summed E-state index contributed by atoms with van der Waals surface area (Å²) in [5.74, 6) is 0.0914. The highest BCUT2D eigenvalue weighted by Gasteiger charge is 2.08. The molecule has 0 saturated carbocycles. The molecule has 0 fully saturated rings. The van der Waals surface area contributed by atoms with Crippen molar-refractivity contribution < 1.29 is 14.5 Å². The van der Waals surface area contributed by atoms with Gasteiger partial charge >= 0.3 is 5.97 Å². The van der Waals surface area contributed by atoms with Crippen LogP contribution in [0.5, 0.6) is 5.75 Å². The molecule has 158 valence electrons. The number of rotatable bonds is 17. The van der Waals surface area contributed by atoms with Crippen LogP contribution in [0.2, 0.25) is 0 Å². The third kappa shape index (κ3) is 12.5. The third-order valence-electron chi connectivity index (χ3n) is 5.01. The van der Waals surface area contributed by atoms with E-state index in [0.29, 0.717) is 12.2 Å². The second-order valence-electron chi connectivity index (χ2n) is 7.57. The van der Waals surface area contributed by atoms with E-state index in [0.717, 1.165) is 12.8 Å². The van der Waals surface area contributed by atoms with Crippen LogP contribution in [0.3, 0.4) is 0 Å². The molecule has 5 heteroatoms. The monoisotopic (exact) mass is 391 g/mol. The number of unbranched alkanes of at least 4 members (excludes halogenated alkanes) is 13. The molecule has 0 aromatic heterocycles. The number of ether oxygens (including phenoxy) is 1. The van der Waals surface area contributed by atoms with Crippen LogP contribution >= 0.6 is 0 Å². The van der Waals surface area contributed by atoms with Crippen LogP contribution in [0.15, 0.2) is 24.3 Å². The molecule has 28 heavy (non-hydrogen) atoms. The highest BCUT2D eigenvalue weighted by molar-refractivity contribution is 5.72. The van der Waals surface area contributed by atoms with Crippen LogP contribution in [0.25, 0.3) is 0 Å². The summed E-state index contributed by atoms with van der Waals surface area (Å²) in [5, 5.41) is 10.6. The number of nitrogens with zero attached hydrogens (tertiary/aromatic N) is 1. The van der Waals surface area contributed by atoms with Gasteiger partial charge < -0.3 is 4.74 Å². The van der Waals surface area contributed by atoms with Crippen molar-refractivity contribution in [3.63, 3.8) is 0 Å². The van der Waals surface area contributed by atoms with E-state index in [1.165, 1.54) is 101 Å². The van der Waals surface area contributed by atoms with Gasteiger partial charge in [0.05, 0.1) is 4.92 Å². The average molecular weight is 392 g/mol. The van der Waals surface area contributed by atoms with Crippen LogP contribution < -0.4 is 4.74 Å². The first-order valence-electron chi connectivity index (χ1n) is 11.1. The maximum Gasteiger partial charge on any atom is 0.311 e. The quantitative estimate of drug-likeness (QED) is 0.0913. The van der Waals surface area contributed by atoms with E-state index in [4.69, 9.17) is 4.74 Å². The van der Waals surface area contributed by atoms with E-state index in [1.807, 2.05) is 0 Å². The van der Waals surface area contributed by atoms with Gasteiger partial charge in [0.15, 0.2) is 0 Å². The predicted molar refractivity (Wildman–Crippen MR) is 114 cm³/mol. The van der Waals surface area contributed by atoms with Gasteiger partial charge in [-0.3, -0.25) is 14.9 Å². The molecule has 1 aromatic rings. The maximum absolute atomic E-state index is 11.8. The van der Waals surface area contributed by atoms with Crippen LogP contribution in [-0.2, 0) is 4.79 Å². The van der Waals surface area contributed by atoms with Gasteiger partial charge in [-0.2, -0.15) is 0 Å². The molecule has 1 rings (SSSR count). The van der Waals surface area contributed by atoms with Gasteiger partial charge in [-0.1, -0.05) is 90.4 Å². The zero-order valence-corrected chi connectivity index (χ0v) is 17.5. The fraction of sp³-hybridized carbons (Fsp3) is 0.696. The fourth-order valence-corrected chi connectivity index (χ4v) is 3.28. The van der Waals surface area contributed by atoms with E-state index in [2.05, 4.69) is 6.92 Å². The Morgan fingerprint density at radius 2 is 1.21 bits per heavy atom. The highest BCUT2D eigenvalue weighted by Crippen LogP contribution is 2.18. The number of nitro groups is 1. The van der Waals surface area contributed by atoms with Gasteiger partial charge in [0.2, 0.25) is 0 Å². The van der Waals surface area contributed by atoms with Crippen molar-refractivity contribution >= 4 is 11.7 Å². The molecule has 0 aliphatic rings. The van der Waals surface area contributed by atoms with Gasteiger partial charge in [0, 0.05) is 18.6 Å². The van der Waals surface area contributed by atoms with Crippen molar-refractivity contribution in [3.8, 4) is 5.75 Å². The molecule has 0 saturated heterocycles. The minimum atomic E-state index is -0.472. The van der Waals surface area contributed by atoms with Gasteiger partial charge in [0.1, 0.15) is 5.75 Å². The number of hydrogen-bond donors (Lipinski definition) is 0. The summed E-state index contributed by atoms with van der Waals surface area (Å²) in [5.41, 5.74) is -0.00762. The number of carbonyl (C=O) groups is 1. The van der Waals surface area contributed by atoms with Gasteiger partial charge in [-0.25, -0.2) is 0 Å². The van der Waals surface area contributed by atoms with E-state index in [9.17, 15) is 14.9 Å². The predicted octanol–water partition coefficient (Wildman–Crippen LogP) is 7.37. The van der Waals surface area contributed by atoms with Crippen molar-refractivity contribution in [2.75, 3.05) is 0 Å². The van der Waals surface area contributed by atoms with Crippen molar-refractivity contribution in [2.45, 2.75) is 103 Å². The lowest BCUT2D eigenvalue weighted by atomic mass is 10.0. The topological polar surface area (TPSA) is 69.4 Å². The standard InChI is InChI=1S/C23H37NO4/c1-2-3-4-5-6-7-8-9-10-11-12-13-14-15-16-23(25)28-22-19-17-21(18-20-22)24(26)27/h17-20H,2-16H2,1H3. The molecule has 0 aliphatic heterocycles. The van der Waals surface area contributed by atoms with E-state index < -0.39 is 4.92 Å². The Labute approximate surface area is 170 Å². The van der Waals surface area contributed by atoms with E-state index >= 15 is 0 Å². The molecule has 0 spiro atoms. The molecule has 5 nitrogen and oxygen atoms in total. The number of nitro benzene ring substituents is 1. The molecule has 0 amide bonds. The molecule has 0 heterocycles. The summed E-state index contributed by atoms with van der Waals surface area (Å²) in [6.07, 6.45) is 18.3. The van der Waals surface area contributed by atoms with Crippen molar-refractivity contribution in [2.24, 2.45) is 0 Å². The second-order valence-corrected chi connectivity index (χ2v) is 7.57. The first kappa shape index (κ1) is 24.1. The summed E-state index contributed by atoms with van der Waals surface area (Å²) in [7, 11) is 0. The number of non-ortho nitro benzene ring substituents is 1. The Morgan fingerprint density at radius 1 is 0.786 bits per heavy atom. The molecule has 0 N–H and O–H groups in total. The van der Waals surface area contributed by atoms with Crippen molar-refractivity contribution in [3.05, 3.63) is 34.4 Å². The Hall–Kier alpha value is -1.91. The van der Waals surface area contributed by atoms with Gasteiger partial charge in [-0.05, 0) is 18.6 Å². The van der Waals surface area contributed by atoms with E-state index in [1.54, 1.807) is 0 Å². The summed E-state index contributed by atoms with van der Waals surface area (Å²) < 4.78 is 5.20. The number of carbonyl (C=O) groups excluding carboxylic acids is 1. The van der Waals surface area contributed by atoms with Crippen LogP contribution in [0, 0.1) is 10.1 Å². The zero-order chi connectivity index (χ0) is 20.5. The zero-order valence-electron chi connectivity index (χ0n) is 17.5. The number of benzene rings is 1. The number of esters is 1. The Bertz CT molecular complexity index is 542. The molecule has 0 aliphatic carbocycles. The Morgan fingerprint density at radius 3 is 1.64 bits per heavy atom. The molecule has 0 unspecified atom stereocenters. The maximum atomic E-state index is 11.8. The fourth-order valence-electron chi connectivity index (χ4n) is 3.28. The largest absolute Gasteiger partial charge is 0.427 e. The van der Waals surface area contributed by atoms with Crippen LogP contribution in [0.1, 0.15) is 103 Å². The summed E-state index contributed by atoms with van der Waals surface area (Å²) in [4.78, 5) is 21.9. The van der Waals surface area contributed by atoms with Crippen molar-refractivity contribution in [1.29, 1.82) is 0 Å². The lowest BCUT2D eigenvalue weighted by molar-refractivity contribution is -0.384. The highest BCUT2D eigenvalue weighted by atomic mass is 16.6. The smallest absolute Gasteiger partial charge is 0.311 e. The molecule has 0 bridgehead atoms. The molecular formula is C23H37NO4. The Balaban J connectivity index is 1.90. The molecule has 0 atom stereocenters. The summed E-state index contributed by atoms with van der Waals surface area (Å²) in [6.45, 7) is 2.26. The second kappa shape index (κ2) is 16.1. The lowest BCUT2D eigenvalue weighted by Gasteiger charge is -2.05. The molecular weight excluding hydrogens is 354 g/mol. The van der Waals surface area contributed by atoms with Crippen LogP contribution in [0.4, 0.5) is 5.69 Å². The summed E-state index contributed by atoms with van der Waals surface area (Å²) in [6, 6.07) is 5.60. The Kier molecular flexibility index (Phi) is 13.9. The normalized spacial score (nSPS) is 10.8. The average Bonchev–Trinajstić information content (AvgIpc) is 2.68. The third-order valence-corrected chi connectivity index (χ3v) is 5.01. The number of hydrogen-bond acceptors (Lipinski definition) is 4. The minimum absolute atomic E-state index is 0.00762. The van der Waals surface area contributed by atoms with Crippen molar-refractivity contribution in [1.82, 2.24) is 0 Å². The van der Waals surface area contributed by atoms with Crippen LogP contribution in [-0.4, -0.2) is 10.9 Å². The molecule has 0 radical (unpaired) electrons. The first-order valence-corrected chi connectivity index (χ1v) is 11.1. The first-order chi connectivity index (χ1) is 13.6. The van der Waals surface area contributed by atoms with Gasteiger partial charge in [-0.15, -0.1) is 0 Å². The minimum Gasteiger partial charge on any atom is -0.427 e. The lowest BCUT2D eigenvalue weighted by Crippen LogP contribution is -2.07. The van der Waals surface area contributed by atoms with Gasteiger partial charge in [0.25, 0.3) is 5.69 Å². The summed E-state index contributed by atoms with van der Waals surface area (Å²) >= 11 is 0.